The molecule has 0 aliphatic heterocycles. The maximum Gasteiger partial charge on any atom is 0.333 e. The fraction of sp³-hybridized carbons (Fsp3) is 1.00. The molecule has 2 unspecified atom stereocenters. The van der Waals surface area contributed by atoms with Crippen molar-refractivity contribution >= 4 is 33.5 Å². The molecular weight excluding hydrogens is 213 g/mol. The standard InChI is InChI=1S/C4H9Cl2NO3S/c1-3(6)4(2-5)7-11(8,9)10/h3-4,7H,2H2,1H3,(H,8,9,10). The molecule has 0 spiro atoms. The zero-order valence-corrected chi connectivity index (χ0v) is 8.12. The van der Waals surface area contributed by atoms with Crippen molar-refractivity contribution < 1.29 is 13.0 Å². The van der Waals surface area contributed by atoms with Gasteiger partial charge in [0, 0.05) is 11.3 Å². The summed E-state index contributed by atoms with van der Waals surface area (Å²) in [5.74, 6) is 0.0183. The first kappa shape index (κ1) is 11.4. The van der Waals surface area contributed by atoms with Gasteiger partial charge in [0.15, 0.2) is 0 Å². The van der Waals surface area contributed by atoms with Gasteiger partial charge in [0.25, 0.3) is 0 Å². The smallest absolute Gasteiger partial charge is 0.273 e. The predicted octanol–water partition coefficient (Wildman–Crippen LogP) is 0.614. The van der Waals surface area contributed by atoms with E-state index < -0.39 is 21.7 Å². The highest BCUT2D eigenvalue weighted by Gasteiger charge is 2.18. The van der Waals surface area contributed by atoms with Gasteiger partial charge in [0.2, 0.25) is 0 Å². The summed E-state index contributed by atoms with van der Waals surface area (Å²) >= 11 is 10.9. The lowest BCUT2D eigenvalue weighted by Gasteiger charge is -2.14. The van der Waals surface area contributed by atoms with Gasteiger partial charge in [-0.15, -0.1) is 23.2 Å². The summed E-state index contributed by atoms with van der Waals surface area (Å²) in [6.45, 7) is 1.58. The molecule has 0 saturated carbocycles. The van der Waals surface area contributed by atoms with Gasteiger partial charge in [0.05, 0.1) is 6.04 Å². The van der Waals surface area contributed by atoms with Crippen LogP contribution in [0.15, 0.2) is 0 Å². The molecule has 11 heavy (non-hydrogen) atoms. The lowest BCUT2D eigenvalue weighted by molar-refractivity contribution is 0.455. The van der Waals surface area contributed by atoms with Gasteiger partial charge in [-0.2, -0.15) is 13.1 Å². The van der Waals surface area contributed by atoms with Crippen LogP contribution in [0.3, 0.4) is 0 Å². The fourth-order valence-electron chi connectivity index (χ4n) is 0.439. The summed E-state index contributed by atoms with van der Waals surface area (Å²) in [4.78, 5) is 0. The number of halogens is 2. The molecule has 0 aromatic carbocycles. The Kier molecular flexibility index (Phi) is 4.65. The Hall–Kier alpha value is 0.450. The quantitative estimate of drug-likeness (QED) is 0.541. The van der Waals surface area contributed by atoms with Crippen molar-refractivity contribution in [3.63, 3.8) is 0 Å². The molecular formula is C4H9Cl2NO3S. The third-order valence-corrected chi connectivity index (χ3v) is 2.26. The van der Waals surface area contributed by atoms with E-state index in [9.17, 15) is 8.42 Å². The monoisotopic (exact) mass is 221 g/mol. The Morgan fingerprint density at radius 3 is 2.18 bits per heavy atom. The lowest BCUT2D eigenvalue weighted by Crippen LogP contribution is -2.40. The molecule has 2 atom stereocenters. The second-order valence-electron chi connectivity index (χ2n) is 2.03. The molecule has 7 heteroatoms. The van der Waals surface area contributed by atoms with Crippen LogP contribution in [0.5, 0.6) is 0 Å². The van der Waals surface area contributed by atoms with E-state index in [0.717, 1.165) is 0 Å². The highest BCUT2D eigenvalue weighted by Crippen LogP contribution is 2.04. The summed E-state index contributed by atoms with van der Waals surface area (Å²) in [6, 6.07) is -0.645. The summed E-state index contributed by atoms with van der Waals surface area (Å²) in [7, 11) is -4.20. The van der Waals surface area contributed by atoms with Crippen LogP contribution < -0.4 is 4.72 Å². The molecule has 0 fully saturated rings. The van der Waals surface area contributed by atoms with E-state index in [1.807, 2.05) is 4.72 Å². The molecule has 0 bridgehead atoms. The van der Waals surface area contributed by atoms with E-state index in [4.69, 9.17) is 27.8 Å². The SMILES string of the molecule is CC(Cl)C(CCl)NS(=O)(=O)O. The van der Waals surface area contributed by atoms with Crippen molar-refractivity contribution in [3.8, 4) is 0 Å². The van der Waals surface area contributed by atoms with Crippen LogP contribution in [0.1, 0.15) is 6.92 Å². The predicted molar refractivity (Wildman–Crippen MR) is 44.5 cm³/mol. The van der Waals surface area contributed by atoms with Crippen molar-refractivity contribution in [2.75, 3.05) is 5.88 Å². The average Bonchev–Trinajstić information content (AvgIpc) is 1.80. The molecule has 4 nitrogen and oxygen atoms in total. The molecule has 0 rings (SSSR count). The van der Waals surface area contributed by atoms with E-state index in [1.165, 1.54) is 0 Å². The van der Waals surface area contributed by atoms with Crippen LogP contribution in [0.25, 0.3) is 0 Å². The van der Waals surface area contributed by atoms with E-state index in [1.54, 1.807) is 6.92 Å². The first-order valence-corrected chi connectivity index (χ1v) is 5.22. The van der Waals surface area contributed by atoms with E-state index in [2.05, 4.69) is 0 Å². The minimum atomic E-state index is -4.20. The number of nitrogens with one attached hydrogen (secondary N) is 1. The molecule has 0 saturated heterocycles. The largest absolute Gasteiger partial charge is 0.333 e. The van der Waals surface area contributed by atoms with Gasteiger partial charge in [0.1, 0.15) is 0 Å². The van der Waals surface area contributed by atoms with Gasteiger partial charge < -0.3 is 0 Å². The van der Waals surface area contributed by atoms with Crippen LogP contribution >= 0.6 is 23.2 Å². The Morgan fingerprint density at radius 1 is 1.64 bits per heavy atom. The Morgan fingerprint density at radius 2 is 2.09 bits per heavy atom. The van der Waals surface area contributed by atoms with Crippen molar-refractivity contribution in [2.24, 2.45) is 0 Å². The van der Waals surface area contributed by atoms with Crippen LogP contribution in [0.2, 0.25) is 0 Å². The van der Waals surface area contributed by atoms with Crippen LogP contribution in [0.4, 0.5) is 0 Å². The van der Waals surface area contributed by atoms with E-state index in [0.29, 0.717) is 0 Å². The second-order valence-corrected chi connectivity index (χ2v) is 4.21. The molecule has 0 aliphatic carbocycles. The fourth-order valence-corrected chi connectivity index (χ4v) is 1.86. The van der Waals surface area contributed by atoms with E-state index in [-0.39, 0.29) is 5.88 Å². The first-order chi connectivity index (χ1) is 4.87. The first-order valence-electron chi connectivity index (χ1n) is 2.81. The molecule has 2 N–H and O–H groups in total. The van der Waals surface area contributed by atoms with E-state index >= 15 is 0 Å². The summed E-state index contributed by atoms with van der Waals surface area (Å²) < 4.78 is 30.6. The number of hydrogen-bond acceptors (Lipinski definition) is 2. The van der Waals surface area contributed by atoms with Crippen molar-refractivity contribution in [3.05, 3.63) is 0 Å². The van der Waals surface area contributed by atoms with Gasteiger partial charge >= 0.3 is 10.3 Å². The molecule has 0 amide bonds. The number of alkyl halides is 2. The van der Waals surface area contributed by atoms with Crippen molar-refractivity contribution in [2.45, 2.75) is 18.3 Å². The maximum absolute atomic E-state index is 10.2. The minimum Gasteiger partial charge on any atom is -0.273 e. The minimum absolute atomic E-state index is 0.0183. The topological polar surface area (TPSA) is 66.4 Å². The number of rotatable bonds is 4. The second kappa shape index (κ2) is 4.47. The maximum atomic E-state index is 10.2. The molecule has 0 heterocycles. The van der Waals surface area contributed by atoms with Gasteiger partial charge in [-0.25, -0.2) is 0 Å². The van der Waals surface area contributed by atoms with Crippen molar-refractivity contribution in [1.82, 2.24) is 4.72 Å². The zero-order chi connectivity index (χ0) is 9.07. The average molecular weight is 222 g/mol. The molecule has 0 radical (unpaired) electrons. The molecule has 68 valence electrons. The lowest BCUT2D eigenvalue weighted by atomic mass is 10.3. The van der Waals surface area contributed by atoms with Gasteiger partial charge in [-0.1, -0.05) is 0 Å². The van der Waals surface area contributed by atoms with Crippen LogP contribution in [-0.4, -0.2) is 30.3 Å². The van der Waals surface area contributed by atoms with Gasteiger partial charge in [-0.3, -0.25) is 4.55 Å². The molecule has 0 aromatic rings. The normalized spacial score (nSPS) is 17.8. The highest BCUT2D eigenvalue weighted by molar-refractivity contribution is 7.83. The van der Waals surface area contributed by atoms with Crippen molar-refractivity contribution in [1.29, 1.82) is 0 Å². The zero-order valence-electron chi connectivity index (χ0n) is 5.79. The summed E-state index contributed by atoms with van der Waals surface area (Å²) in [5.41, 5.74) is 0. The third-order valence-electron chi connectivity index (χ3n) is 1.02. The Balaban J connectivity index is 4.10. The Labute approximate surface area is 75.8 Å². The highest BCUT2D eigenvalue weighted by atomic mass is 35.5. The van der Waals surface area contributed by atoms with Gasteiger partial charge in [-0.05, 0) is 6.92 Å². The Bertz CT molecular complexity index is 203. The third kappa shape index (κ3) is 5.69. The van der Waals surface area contributed by atoms with Crippen LogP contribution in [0, 0.1) is 0 Å². The molecule has 0 aromatic heterocycles. The summed E-state index contributed by atoms with van der Waals surface area (Å²) in [6.07, 6.45) is 0. The van der Waals surface area contributed by atoms with Crippen LogP contribution in [-0.2, 0) is 10.3 Å². The number of hydrogen-bond donors (Lipinski definition) is 2. The summed E-state index contributed by atoms with van der Waals surface area (Å²) in [5, 5.41) is -0.463. The molecule has 0 aliphatic rings.